The molecule has 6 heteroatoms. The van der Waals surface area contributed by atoms with E-state index in [9.17, 15) is 15.3 Å². The minimum Gasteiger partial charge on any atom is -0.312 e. The van der Waals surface area contributed by atoms with Crippen LogP contribution in [0.25, 0.3) is 6.08 Å². The number of nitriles is 2. The average molecular weight is 442 g/mol. The molecule has 0 spiro atoms. The second-order valence-corrected chi connectivity index (χ2v) is 9.39. The lowest BCUT2D eigenvalue weighted by Gasteiger charge is -2.09. The van der Waals surface area contributed by atoms with Gasteiger partial charge in [0.2, 0.25) is 0 Å². The molecule has 3 aromatic rings. The molecule has 4 rings (SSSR count). The number of fused-ring (bicyclic) bond motifs is 1. The molecular weight excluding hydrogens is 422 g/mol. The van der Waals surface area contributed by atoms with Gasteiger partial charge in [0.15, 0.2) is 0 Å². The van der Waals surface area contributed by atoms with Crippen molar-refractivity contribution in [3.8, 4) is 12.1 Å². The van der Waals surface area contributed by atoms with E-state index >= 15 is 0 Å². The summed E-state index contributed by atoms with van der Waals surface area (Å²) in [6.07, 6.45) is 5.56. The first kappa shape index (κ1) is 20.9. The smallest absolute Gasteiger partial charge is 0.266 e. The maximum Gasteiger partial charge on any atom is 0.266 e. The average Bonchev–Trinajstić information content (AvgIpc) is 3.16. The highest BCUT2D eigenvalue weighted by Crippen LogP contribution is 2.37. The van der Waals surface area contributed by atoms with Crippen molar-refractivity contribution in [1.82, 2.24) is 0 Å². The summed E-state index contributed by atoms with van der Waals surface area (Å²) in [5, 5.41) is 22.4. The molecule has 152 valence electrons. The Morgan fingerprint density at radius 2 is 1.71 bits per heavy atom. The van der Waals surface area contributed by atoms with Gasteiger partial charge in [0.1, 0.15) is 22.7 Å². The first-order valence-electron chi connectivity index (χ1n) is 9.98. The first-order valence-corrected chi connectivity index (χ1v) is 11.6. The zero-order valence-electron chi connectivity index (χ0n) is 16.7. The quantitative estimate of drug-likeness (QED) is 0.378. The molecule has 31 heavy (non-hydrogen) atoms. The molecule has 0 bridgehead atoms. The number of nitrogens with one attached hydrogen (secondary N) is 1. The van der Waals surface area contributed by atoms with Crippen molar-refractivity contribution < 1.29 is 4.79 Å². The van der Waals surface area contributed by atoms with Gasteiger partial charge < -0.3 is 5.32 Å². The third-order valence-electron chi connectivity index (χ3n) is 5.05. The third-order valence-corrected chi connectivity index (χ3v) is 7.27. The van der Waals surface area contributed by atoms with Gasteiger partial charge in [0.25, 0.3) is 5.91 Å². The number of rotatable bonds is 5. The highest BCUT2D eigenvalue weighted by Gasteiger charge is 2.22. The summed E-state index contributed by atoms with van der Waals surface area (Å²) in [6.45, 7) is 0. The van der Waals surface area contributed by atoms with Gasteiger partial charge in [0.05, 0.1) is 5.56 Å². The largest absolute Gasteiger partial charge is 0.312 e. The number of carbonyl (C=O) groups excluding carboxylic acids is 1. The fourth-order valence-electron chi connectivity index (χ4n) is 3.51. The number of aryl methyl sites for hydroxylation is 1. The van der Waals surface area contributed by atoms with E-state index in [0.29, 0.717) is 10.6 Å². The van der Waals surface area contributed by atoms with Gasteiger partial charge in [-0.05, 0) is 67.2 Å². The molecule has 1 heterocycles. The Kier molecular flexibility index (Phi) is 6.52. The zero-order chi connectivity index (χ0) is 21.6. The molecule has 1 amide bonds. The van der Waals surface area contributed by atoms with Gasteiger partial charge in [-0.3, -0.25) is 4.79 Å². The molecule has 0 saturated heterocycles. The van der Waals surface area contributed by atoms with Crippen molar-refractivity contribution in [3.05, 3.63) is 81.7 Å². The van der Waals surface area contributed by atoms with Crippen LogP contribution in [0.2, 0.25) is 0 Å². The van der Waals surface area contributed by atoms with Gasteiger partial charge >= 0.3 is 0 Å². The van der Waals surface area contributed by atoms with Crippen LogP contribution in [-0.4, -0.2) is 5.91 Å². The Bertz CT molecular complexity index is 1210. The Hall–Kier alpha value is -3.32. The van der Waals surface area contributed by atoms with Crippen LogP contribution in [0.1, 0.15) is 34.4 Å². The summed E-state index contributed by atoms with van der Waals surface area (Å²) in [5.74, 6) is -0.486. The lowest BCUT2D eigenvalue weighted by molar-refractivity contribution is -0.112. The van der Waals surface area contributed by atoms with Crippen LogP contribution in [-0.2, 0) is 17.6 Å². The minimum absolute atomic E-state index is 0.0127. The Morgan fingerprint density at radius 1 is 1.00 bits per heavy atom. The van der Waals surface area contributed by atoms with Gasteiger partial charge in [-0.1, -0.05) is 42.1 Å². The fourth-order valence-corrected chi connectivity index (χ4v) is 5.59. The van der Waals surface area contributed by atoms with E-state index < -0.39 is 5.91 Å². The Morgan fingerprint density at radius 3 is 2.42 bits per heavy atom. The number of anilines is 1. The molecule has 1 N–H and O–H groups in total. The topological polar surface area (TPSA) is 76.7 Å². The van der Waals surface area contributed by atoms with Crippen LogP contribution in [0.3, 0.4) is 0 Å². The number of amides is 1. The number of benzene rings is 2. The molecule has 1 aromatic heterocycles. The van der Waals surface area contributed by atoms with Gasteiger partial charge in [-0.15, -0.1) is 11.3 Å². The molecule has 0 saturated carbocycles. The Labute approximate surface area is 189 Å². The second-order valence-electron chi connectivity index (χ2n) is 7.13. The molecule has 0 aliphatic heterocycles. The summed E-state index contributed by atoms with van der Waals surface area (Å²) in [7, 11) is 0. The normalized spacial score (nSPS) is 13.0. The molecule has 0 atom stereocenters. The van der Waals surface area contributed by atoms with Gasteiger partial charge in [-0.2, -0.15) is 10.5 Å². The van der Waals surface area contributed by atoms with E-state index in [-0.39, 0.29) is 5.57 Å². The zero-order valence-corrected chi connectivity index (χ0v) is 18.4. The molecule has 1 aliphatic carbocycles. The number of nitrogens with zero attached hydrogens (tertiary/aromatic N) is 2. The van der Waals surface area contributed by atoms with Crippen LogP contribution in [0, 0.1) is 22.7 Å². The molecule has 0 fully saturated rings. The summed E-state index contributed by atoms with van der Waals surface area (Å²) < 4.78 is 0. The van der Waals surface area contributed by atoms with E-state index in [0.717, 1.165) is 46.6 Å². The lowest BCUT2D eigenvalue weighted by Crippen LogP contribution is -2.13. The molecular formula is C25H19N3OS2. The predicted molar refractivity (Wildman–Crippen MR) is 125 cm³/mol. The first-order chi connectivity index (χ1) is 15.2. The summed E-state index contributed by atoms with van der Waals surface area (Å²) >= 11 is 3.11. The van der Waals surface area contributed by atoms with Crippen LogP contribution in [0.4, 0.5) is 5.00 Å². The van der Waals surface area contributed by atoms with Crippen molar-refractivity contribution in [2.45, 2.75) is 35.5 Å². The van der Waals surface area contributed by atoms with E-state index in [4.69, 9.17) is 0 Å². The summed E-state index contributed by atoms with van der Waals surface area (Å²) in [4.78, 5) is 16.1. The highest BCUT2D eigenvalue weighted by molar-refractivity contribution is 7.99. The molecule has 0 unspecified atom stereocenters. The number of carbonyl (C=O) groups is 1. The van der Waals surface area contributed by atoms with Crippen molar-refractivity contribution in [1.29, 1.82) is 10.5 Å². The molecule has 0 radical (unpaired) electrons. The van der Waals surface area contributed by atoms with E-state index in [1.54, 1.807) is 17.8 Å². The maximum absolute atomic E-state index is 12.7. The van der Waals surface area contributed by atoms with Crippen molar-refractivity contribution in [2.24, 2.45) is 0 Å². The standard InChI is InChI=1S/C25H19N3OS2/c26-15-18(14-17-10-12-20(13-11-17)30-19-6-2-1-3-7-19)24(29)28-25-22(16-27)21-8-4-5-9-23(21)31-25/h1-3,6-7,10-14H,4-5,8-9H2,(H,28,29)/b18-14+. The fraction of sp³-hybridized carbons (Fsp3) is 0.160. The number of hydrogen-bond donors (Lipinski definition) is 1. The van der Waals surface area contributed by atoms with E-state index in [2.05, 4.69) is 23.5 Å². The molecule has 4 nitrogen and oxygen atoms in total. The van der Waals surface area contributed by atoms with Crippen molar-refractivity contribution in [2.75, 3.05) is 5.32 Å². The van der Waals surface area contributed by atoms with Gasteiger partial charge in [-0.25, -0.2) is 0 Å². The maximum atomic E-state index is 12.7. The Balaban J connectivity index is 1.50. The number of thiophene rings is 1. The lowest BCUT2D eigenvalue weighted by atomic mass is 9.96. The number of hydrogen-bond acceptors (Lipinski definition) is 5. The minimum atomic E-state index is -0.486. The van der Waals surface area contributed by atoms with E-state index in [1.165, 1.54) is 16.2 Å². The molecule has 1 aliphatic rings. The second kappa shape index (κ2) is 9.66. The van der Waals surface area contributed by atoms with Crippen LogP contribution in [0.5, 0.6) is 0 Å². The monoisotopic (exact) mass is 441 g/mol. The van der Waals surface area contributed by atoms with Crippen LogP contribution < -0.4 is 5.32 Å². The van der Waals surface area contributed by atoms with Crippen LogP contribution >= 0.6 is 23.1 Å². The van der Waals surface area contributed by atoms with E-state index in [1.807, 2.05) is 48.5 Å². The third kappa shape index (κ3) is 4.88. The van der Waals surface area contributed by atoms with Crippen LogP contribution in [0.15, 0.2) is 70.0 Å². The van der Waals surface area contributed by atoms with Gasteiger partial charge in [0, 0.05) is 14.7 Å². The van der Waals surface area contributed by atoms with Crippen molar-refractivity contribution in [3.63, 3.8) is 0 Å². The molecule has 2 aromatic carbocycles. The highest BCUT2D eigenvalue weighted by atomic mass is 32.2. The SMILES string of the molecule is N#C/C(=C\c1ccc(Sc2ccccc2)cc1)C(=O)Nc1sc2c(c1C#N)CCCC2. The summed E-state index contributed by atoms with van der Waals surface area (Å²) in [6, 6.07) is 22.0. The predicted octanol–water partition coefficient (Wildman–Crippen LogP) is 6.20. The van der Waals surface area contributed by atoms with Crippen molar-refractivity contribution >= 4 is 40.1 Å². The summed E-state index contributed by atoms with van der Waals surface area (Å²) in [5.41, 5.74) is 2.39.